The molecule has 0 radical (unpaired) electrons. The second kappa shape index (κ2) is 8.27. The summed E-state index contributed by atoms with van der Waals surface area (Å²) >= 11 is 0. The monoisotopic (exact) mass is 420 g/mol. The third kappa shape index (κ3) is 3.73. The first-order valence-electron chi connectivity index (χ1n) is 10.7. The number of aromatic nitrogens is 2. The van der Waals surface area contributed by atoms with E-state index in [1.54, 1.807) is 12.4 Å². The van der Waals surface area contributed by atoms with Gasteiger partial charge in [-0.25, -0.2) is 4.98 Å². The molecule has 4 aromatic rings. The zero-order valence-electron chi connectivity index (χ0n) is 18.2. The Balaban J connectivity index is 1.34. The van der Waals surface area contributed by atoms with Crippen molar-refractivity contribution in [2.45, 2.75) is 19.9 Å². The summed E-state index contributed by atoms with van der Waals surface area (Å²) in [5, 5.41) is 3.04. The number of anilines is 2. The number of pyridine rings is 2. The minimum atomic E-state index is -0.106. The second-order valence-electron chi connectivity index (χ2n) is 8.16. The molecule has 0 unspecified atom stereocenters. The Morgan fingerprint density at radius 3 is 2.62 bits per heavy atom. The molecular formula is C27H24N4O. The number of carbonyl (C=O) groups is 1. The first-order valence-corrected chi connectivity index (χ1v) is 10.7. The van der Waals surface area contributed by atoms with Crippen molar-refractivity contribution in [1.29, 1.82) is 0 Å². The van der Waals surface area contributed by atoms with E-state index in [0.29, 0.717) is 17.8 Å². The van der Waals surface area contributed by atoms with Crippen molar-refractivity contribution >= 4 is 17.4 Å². The van der Waals surface area contributed by atoms with E-state index >= 15 is 0 Å². The number of carbonyl (C=O) groups excluding carboxylic acids is 1. The molecule has 0 spiro atoms. The van der Waals surface area contributed by atoms with Crippen molar-refractivity contribution in [1.82, 2.24) is 9.97 Å². The van der Waals surface area contributed by atoms with Gasteiger partial charge in [0.1, 0.15) is 5.82 Å². The predicted octanol–water partition coefficient (Wildman–Crippen LogP) is 5.24. The number of aryl methyl sites for hydroxylation is 1. The largest absolute Gasteiger partial charge is 0.354 e. The summed E-state index contributed by atoms with van der Waals surface area (Å²) in [5.41, 5.74) is 8.09. The topological polar surface area (TPSA) is 58.1 Å². The molecule has 1 aliphatic carbocycles. The van der Waals surface area contributed by atoms with Crippen LogP contribution in [0, 0.1) is 6.92 Å². The average molecular weight is 421 g/mol. The number of hydrogen-bond donors (Lipinski definition) is 1. The molecular weight excluding hydrogens is 396 g/mol. The van der Waals surface area contributed by atoms with Gasteiger partial charge < -0.3 is 10.2 Å². The molecule has 5 nitrogen and oxygen atoms in total. The lowest BCUT2D eigenvalue weighted by atomic mass is 10.0. The van der Waals surface area contributed by atoms with Crippen LogP contribution in [0.2, 0.25) is 0 Å². The Bertz CT molecular complexity index is 1300. The quantitative estimate of drug-likeness (QED) is 0.422. The molecule has 32 heavy (non-hydrogen) atoms. The molecule has 1 N–H and O–H groups in total. The van der Waals surface area contributed by atoms with Crippen LogP contribution in [0.5, 0.6) is 0 Å². The van der Waals surface area contributed by atoms with Crippen molar-refractivity contribution < 1.29 is 4.79 Å². The fourth-order valence-electron chi connectivity index (χ4n) is 4.41. The molecule has 2 aromatic heterocycles. The summed E-state index contributed by atoms with van der Waals surface area (Å²) in [6.45, 7) is 2.67. The zero-order chi connectivity index (χ0) is 22.1. The number of nitrogens with zero attached hydrogens (tertiary/aromatic N) is 3. The van der Waals surface area contributed by atoms with E-state index in [2.05, 4.69) is 38.4 Å². The van der Waals surface area contributed by atoms with Crippen LogP contribution in [0.4, 0.5) is 11.5 Å². The van der Waals surface area contributed by atoms with Gasteiger partial charge in [0.05, 0.1) is 24.1 Å². The molecule has 0 fully saturated rings. The molecule has 5 rings (SSSR count). The van der Waals surface area contributed by atoms with Crippen molar-refractivity contribution in [2.75, 3.05) is 17.3 Å². The fourth-order valence-corrected chi connectivity index (χ4v) is 4.41. The maximum Gasteiger partial charge on any atom is 0.256 e. The van der Waals surface area contributed by atoms with Gasteiger partial charge in [-0.2, -0.15) is 0 Å². The highest BCUT2D eigenvalue weighted by Gasteiger charge is 2.23. The number of nitrogens with one attached hydrogen (secondary N) is 1. The molecule has 1 aliphatic rings. The van der Waals surface area contributed by atoms with E-state index in [1.165, 1.54) is 11.1 Å². The van der Waals surface area contributed by atoms with Crippen LogP contribution in [-0.2, 0) is 13.0 Å². The smallest absolute Gasteiger partial charge is 0.256 e. The predicted molar refractivity (Wildman–Crippen MR) is 128 cm³/mol. The lowest BCUT2D eigenvalue weighted by molar-refractivity contribution is 0.102. The van der Waals surface area contributed by atoms with Crippen LogP contribution in [0.3, 0.4) is 0 Å². The van der Waals surface area contributed by atoms with Crippen LogP contribution in [0.25, 0.3) is 11.1 Å². The molecule has 158 valence electrons. The summed E-state index contributed by atoms with van der Waals surface area (Å²) in [4.78, 5) is 24.2. The summed E-state index contributed by atoms with van der Waals surface area (Å²) in [5.74, 6) is 0.759. The maximum atomic E-state index is 13.1. The lowest BCUT2D eigenvalue weighted by Gasteiger charge is -2.20. The molecule has 0 atom stereocenters. The standard InChI is InChI=1S/C27H24N4O/c1-18-14-21(16-29-26(18)31(2)17-20-9-5-6-13-28-20)30-27(32)24-12-7-11-23-22-10-4-3-8-19(22)15-25(23)24/h3-14,16H,15,17H2,1-2H3,(H,30,32). The first kappa shape index (κ1) is 19.9. The Morgan fingerprint density at radius 1 is 1.00 bits per heavy atom. The molecule has 2 heterocycles. The SMILES string of the molecule is Cc1cc(NC(=O)c2cccc3c2Cc2ccccc2-3)cnc1N(C)Cc1ccccn1. The molecule has 0 aliphatic heterocycles. The summed E-state index contributed by atoms with van der Waals surface area (Å²) < 4.78 is 0. The van der Waals surface area contributed by atoms with Gasteiger partial charge in [0.2, 0.25) is 0 Å². The summed E-state index contributed by atoms with van der Waals surface area (Å²) in [6.07, 6.45) is 4.29. The maximum absolute atomic E-state index is 13.1. The number of amides is 1. The Hall–Kier alpha value is -3.99. The van der Waals surface area contributed by atoms with Crippen molar-refractivity contribution in [3.63, 3.8) is 0 Å². The van der Waals surface area contributed by atoms with Gasteiger partial charge in [-0.3, -0.25) is 9.78 Å². The molecule has 0 saturated heterocycles. The van der Waals surface area contributed by atoms with Gasteiger partial charge >= 0.3 is 0 Å². The third-order valence-corrected chi connectivity index (χ3v) is 5.89. The van der Waals surface area contributed by atoms with Gasteiger partial charge in [0.25, 0.3) is 5.91 Å². The lowest BCUT2D eigenvalue weighted by Crippen LogP contribution is -2.20. The van der Waals surface area contributed by atoms with Crippen molar-refractivity contribution in [2.24, 2.45) is 0 Å². The van der Waals surface area contributed by atoms with E-state index in [-0.39, 0.29) is 5.91 Å². The van der Waals surface area contributed by atoms with E-state index in [0.717, 1.165) is 34.6 Å². The highest BCUT2D eigenvalue weighted by Crippen LogP contribution is 2.38. The van der Waals surface area contributed by atoms with E-state index in [1.807, 2.05) is 62.5 Å². The van der Waals surface area contributed by atoms with Crippen LogP contribution < -0.4 is 10.2 Å². The minimum absolute atomic E-state index is 0.106. The van der Waals surface area contributed by atoms with Crippen LogP contribution >= 0.6 is 0 Å². The summed E-state index contributed by atoms with van der Waals surface area (Å²) in [7, 11) is 1.99. The molecule has 0 saturated carbocycles. The Labute approximate surface area is 187 Å². The van der Waals surface area contributed by atoms with E-state index in [4.69, 9.17) is 0 Å². The third-order valence-electron chi connectivity index (χ3n) is 5.89. The number of fused-ring (bicyclic) bond motifs is 3. The Morgan fingerprint density at radius 2 is 1.81 bits per heavy atom. The summed E-state index contributed by atoms with van der Waals surface area (Å²) in [6, 6.07) is 22.1. The zero-order valence-corrected chi connectivity index (χ0v) is 18.2. The van der Waals surface area contributed by atoms with Gasteiger partial charge in [-0.1, -0.05) is 42.5 Å². The second-order valence-corrected chi connectivity index (χ2v) is 8.16. The number of rotatable bonds is 5. The Kier molecular flexibility index (Phi) is 5.15. The van der Waals surface area contributed by atoms with E-state index in [9.17, 15) is 4.79 Å². The fraction of sp³-hybridized carbons (Fsp3) is 0.148. The van der Waals surface area contributed by atoms with Crippen LogP contribution in [-0.4, -0.2) is 22.9 Å². The van der Waals surface area contributed by atoms with Gasteiger partial charge in [-0.05, 0) is 65.4 Å². The normalized spacial score (nSPS) is 11.6. The minimum Gasteiger partial charge on any atom is -0.354 e. The van der Waals surface area contributed by atoms with E-state index < -0.39 is 0 Å². The molecule has 1 amide bonds. The van der Waals surface area contributed by atoms with Crippen molar-refractivity contribution in [3.8, 4) is 11.1 Å². The number of hydrogen-bond acceptors (Lipinski definition) is 4. The molecule has 0 bridgehead atoms. The molecule has 2 aromatic carbocycles. The average Bonchev–Trinajstić information content (AvgIpc) is 3.18. The first-order chi connectivity index (χ1) is 15.6. The van der Waals surface area contributed by atoms with Gasteiger partial charge in [-0.15, -0.1) is 0 Å². The van der Waals surface area contributed by atoms with Crippen LogP contribution in [0.1, 0.15) is 32.7 Å². The highest BCUT2D eigenvalue weighted by molar-refractivity contribution is 6.07. The van der Waals surface area contributed by atoms with Crippen molar-refractivity contribution in [3.05, 3.63) is 107 Å². The molecule has 5 heteroatoms. The van der Waals surface area contributed by atoms with Gasteiger partial charge in [0.15, 0.2) is 0 Å². The van der Waals surface area contributed by atoms with Crippen LogP contribution in [0.15, 0.2) is 79.1 Å². The van der Waals surface area contributed by atoms with Gasteiger partial charge in [0, 0.05) is 18.8 Å². The number of benzene rings is 2. The highest BCUT2D eigenvalue weighted by atomic mass is 16.1.